The van der Waals surface area contributed by atoms with E-state index in [0.717, 1.165) is 6.42 Å². The zero-order valence-corrected chi connectivity index (χ0v) is 13.3. The van der Waals surface area contributed by atoms with Crippen molar-refractivity contribution in [3.8, 4) is 0 Å². The normalized spacial score (nSPS) is 17.5. The molecule has 0 radical (unpaired) electrons. The SMILES string of the molecule is COCCOCCOCCC(CN)(CC1CC1)C(=O)OC. The molecule has 0 heterocycles. The molecular formula is C15H29NO5. The van der Waals surface area contributed by atoms with Gasteiger partial charge in [-0.15, -0.1) is 0 Å². The molecule has 0 aromatic heterocycles. The minimum Gasteiger partial charge on any atom is -0.469 e. The van der Waals surface area contributed by atoms with Gasteiger partial charge in [-0.3, -0.25) is 4.79 Å². The van der Waals surface area contributed by atoms with E-state index in [1.165, 1.54) is 20.0 Å². The number of nitrogens with two attached hydrogens (primary N) is 1. The van der Waals surface area contributed by atoms with Crippen molar-refractivity contribution in [2.75, 3.05) is 53.8 Å². The van der Waals surface area contributed by atoms with Crippen molar-refractivity contribution in [3.05, 3.63) is 0 Å². The molecule has 0 aromatic rings. The van der Waals surface area contributed by atoms with E-state index in [0.29, 0.717) is 51.9 Å². The number of carbonyl (C=O) groups is 1. The second-order valence-corrected chi connectivity index (χ2v) is 5.59. The lowest BCUT2D eigenvalue weighted by molar-refractivity contribution is -0.154. The Morgan fingerprint density at radius 1 is 1.10 bits per heavy atom. The third kappa shape index (κ3) is 6.74. The topological polar surface area (TPSA) is 80.0 Å². The van der Waals surface area contributed by atoms with Gasteiger partial charge in [-0.2, -0.15) is 0 Å². The van der Waals surface area contributed by atoms with Crippen LogP contribution in [0.1, 0.15) is 25.7 Å². The fraction of sp³-hybridized carbons (Fsp3) is 0.933. The molecule has 0 aromatic carbocycles. The fourth-order valence-corrected chi connectivity index (χ4v) is 2.38. The second kappa shape index (κ2) is 10.1. The van der Waals surface area contributed by atoms with Crippen LogP contribution < -0.4 is 5.73 Å². The fourth-order valence-electron chi connectivity index (χ4n) is 2.38. The molecule has 1 saturated carbocycles. The average Bonchev–Trinajstić information content (AvgIpc) is 3.31. The standard InChI is InChI=1S/C15H29NO5/c1-18-7-8-21-10-9-20-6-5-15(12-16,14(17)19-2)11-13-3-4-13/h13H,3-12,16H2,1-2H3. The van der Waals surface area contributed by atoms with Gasteiger partial charge in [-0.1, -0.05) is 12.8 Å². The first-order valence-corrected chi connectivity index (χ1v) is 7.61. The highest BCUT2D eigenvalue weighted by Crippen LogP contribution is 2.42. The molecule has 1 aliphatic rings. The molecule has 0 saturated heterocycles. The molecule has 6 heteroatoms. The van der Waals surface area contributed by atoms with Gasteiger partial charge in [0.05, 0.1) is 39.0 Å². The van der Waals surface area contributed by atoms with Crippen LogP contribution in [-0.4, -0.2) is 59.8 Å². The van der Waals surface area contributed by atoms with Gasteiger partial charge in [-0.25, -0.2) is 0 Å². The van der Waals surface area contributed by atoms with Gasteiger partial charge < -0.3 is 24.7 Å². The first-order chi connectivity index (χ1) is 10.2. The molecule has 124 valence electrons. The first kappa shape index (κ1) is 18.4. The maximum absolute atomic E-state index is 12.1. The third-order valence-corrected chi connectivity index (χ3v) is 3.91. The van der Waals surface area contributed by atoms with E-state index in [1.54, 1.807) is 7.11 Å². The van der Waals surface area contributed by atoms with Gasteiger partial charge in [-0.05, 0) is 18.8 Å². The van der Waals surface area contributed by atoms with Crippen molar-refractivity contribution in [1.29, 1.82) is 0 Å². The predicted octanol–water partition coefficient (Wildman–Crippen LogP) is 0.974. The lowest BCUT2D eigenvalue weighted by Crippen LogP contribution is -2.41. The van der Waals surface area contributed by atoms with Crippen molar-refractivity contribution in [1.82, 2.24) is 0 Å². The molecule has 0 amide bonds. The van der Waals surface area contributed by atoms with E-state index in [-0.39, 0.29) is 5.97 Å². The smallest absolute Gasteiger partial charge is 0.313 e. The molecule has 0 bridgehead atoms. The van der Waals surface area contributed by atoms with Crippen LogP contribution in [0.15, 0.2) is 0 Å². The summed E-state index contributed by atoms with van der Waals surface area (Å²) in [6, 6.07) is 0. The summed E-state index contributed by atoms with van der Waals surface area (Å²) in [6.07, 6.45) is 3.79. The van der Waals surface area contributed by atoms with E-state index >= 15 is 0 Å². The largest absolute Gasteiger partial charge is 0.469 e. The van der Waals surface area contributed by atoms with Crippen molar-refractivity contribution >= 4 is 5.97 Å². The molecular weight excluding hydrogens is 274 g/mol. The minimum absolute atomic E-state index is 0.211. The summed E-state index contributed by atoms with van der Waals surface area (Å²) in [7, 11) is 3.06. The van der Waals surface area contributed by atoms with Gasteiger partial charge in [0.2, 0.25) is 0 Å². The number of rotatable bonds is 13. The Balaban J connectivity index is 2.24. The maximum atomic E-state index is 12.1. The molecule has 1 unspecified atom stereocenters. The summed E-state index contributed by atoms with van der Waals surface area (Å²) in [4.78, 5) is 12.1. The summed E-state index contributed by atoms with van der Waals surface area (Å²) >= 11 is 0. The van der Waals surface area contributed by atoms with Crippen LogP contribution in [0.2, 0.25) is 0 Å². The van der Waals surface area contributed by atoms with Crippen molar-refractivity contribution < 1.29 is 23.7 Å². The second-order valence-electron chi connectivity index (χ2n) is 5.59. The summed E-state index contributed by atoms with van der Waals surface area (Å²) in [5.74, 6) is 0.405. The van der Waals surface area contributed by atoms with Crippen molar-refractivity contribution in [3.63, 3.8) is 0 Å². The Kier molecular flexibility index (Phi) is 8.84. The number of ether oxygens (including phenoxy) is 4. The van der Waals surface area contributed by atoms with Crippen LogP contribution in [0.3, 0.4) is 0 Å². The summed E-state index contributed by atoms with van der Waals surface area (Å²) < 4.78 is 20.7. The molecule has 0 aliphatic heterocycles. The Bertz CT molecular complexity index is 296. The number of hydrogen-bond donors (Lipinski definition) is 1. The monoisotopic (exact) mass is 303 g/mol. The van der Waals surface area contributed by atoms with Crippen LogP contribution >= 0.6 is 0 Å². The molecule has 21 heavy (non-hydrogen) atoms. The van der Waals surface area contributed by atoms with Gasteiger partial charge in [0.25, 0.3) is 0 Å². The lowest BCUT2D eigenvalue weighted by atomic mass is 9.79. The minimum atomic E-state index is -0.590. The molecule has 6 nitrogen and oxygen atoms in total. The molecule has 1 atom stereocenters. The molecule has 2 N–H and O–H groups in total. The number of hydrogen-bond acceptors (Lipinski definition) is 6. The lowest BCUT2D eigenvalue weighted by Gasteiger charge is -2.29. The first-order valence-electron chi connectivity index (χ1n) is 7.61. The quantitative estimate of drug-likeness (QED) is 0.403. The average molecular weight is 303 g/mol. The van der Waals surface area contributed by atoms with Crippen LogP contribution in [0.25, 0.3) is 0 Å². The molecule has 1 rings (SSSR count). The number of methoxy groups -OCH3 is 2. The Morgan fingerprint density at radius 2 is 1.71 bits per heavy atom. The Labute approximate surface area is 127 Å². The highest BCUT2D eigenvalue weighted by Gasteiger charge is 2.42. The Morgan fingerprint density at radius 3 is 2.24 bits per heavy atom. The van der Waals surface area contributed by atoms with E-state index in [4.69, 9.17) is 24.7 Å². The molecule has 0 spiro atoms. The summed E-state index contributed by atoms with van der Waals surface area (Å²) in [5.41, 5.74) is 5.27. The third-order valence-electron chi connectivity index (χ3n) is 3.91. The zero-order chi connectivity index (χ0) is 15.6. The number of carbonyl (C=O) groups excluding carboxylic acids is 1. The van der Waals surface area contributed by atoms with E-state index < -0.39 is 5.41 Å². The van der Waals surface area contributed by atoms with Gasteiger partial charge in [0.1, 0.15) is 0 Å². The molecule has 1 aliphatic carbocycles. The van der Waals surface area contributed by atoms with E-state index in [1.807, 2.05) is 0 Å². The van der Waals surface area contributed by atoms with Crippen molar-refractivity contribution in [2.24, 2.45) is 17.1 Å². The van der Waals surface area contributed by atoms with Crippen LogP contribution in [0.4, 0.5) is 0 Å². The van der Waals surface area contributed by atoms with Gasteiger partial charge >= 0.3 is 5.97 Å². The molecule has 1 fully saturated rings. The summed E-state index contributed by atoms with van der Waals surface area (Å²) in [5, 5.41) is 0. The highest BCUT2D eigenvalue weighted by atomic mass is 16.5. The predicted molar refractivity (Wildman–Crippen MR) is 79.0 cm³/mol. The Hall–Kier alpha value is -0.690. The van der Waals surface area contributed by atoms with Crippen molar-refractivity contribution in [2.45, 2.75) is 25.7 Å². The van der Waals surface area contributed by atoms with Gasteiger partial charge in [0.15, 0.2) is 0 Å². The number of esters is 1. The highest BCUT2D eigenvalue weighted by molar-refractivity contribution is 5.77. The van der Waals surface area contributed by atoms with Crippen LogP contribution in [0, 0.1) is 11.3 Å². The van der Waals surface area contributed by atoms with Crippen LogP contribution in [0.5, 0.6) is 0 Å². The van der Waals surface area contributed by atoms with Crippen LogP contribution in [-0.2, 0) is 23.7 Å². The van der Waals surface area contributed by atoms with E-state index in [9.17, 15) is 4.79 Å². The zero-order valence-electron chi connectivity index (χ0n) is 13.3. The summed E-state index contributed by atoms with van der Waals surface area (Å²) in [6.45, 7) is 2.99. The maximum Gasteiger partial charge on any atom is 0.313 e. The van der Waals surface area contributed by atoms with E-state index in [2.05, 4.69) is 0 Å². The van der Waals surface area contributed by atoms with Gasteiger partial charge in [0, 0.05) is 20.3 Å².